The molecule has 27 heavy (non-hydrogen) atoms. The summed E-state index contributed by atoms with van der Waals surface area (Å²) >= 11 is 0. The summed E-state index contributed by atoms with van der Waals surface area (Å²) in [7, 11) is 0. The Balaban J connectivity index is 1.35. The molecule has 2 atom stereocenters. The Morgan fingerprint density at radius 3 is 2.22 bits per heavy atom. The highest BCUT2D eigenvalue weighted by atomic mass is 16.6. The molecule has 1 heterocycles. The zero-order valence-corrected chi connectivity index (χ0v) is 15.7. The topological polar surface area (TPSA) is 63.7 Å². The molecule has 0 saturated heterocycles. The standard InChI is InChI=1S/C22H25NO4/c1-14(24)27-22-11-15-8-16(12-22)10-21(9-15,13-22)6-7-23-19(25)17-4-2-3-5-18(17)20(23)26/h2-5,15-16H,6-13H2,1H3/t15-,16-,21?,22?/m0/s1. The van der Waals surface area contributed by atoms with E-state index in [-0.39, 0.29) is 28.8 Å². The van der Waals surface area contributed by atoms with Gasteiger partial charge in [0, 0.05) is 13.5 Å². The molecule has 0 spiro atoms. The second-order valence-corrected chi connectivity index (χ2v) is 9.30. The summed E-state index contributed by atoms with van der Waals surface area (Å²) in [6, 6.07) is 7.07. The first-order valence-corrected chi connectivity index (χ1v) is 10.0. The molecule has 142 valence electrons. The summed E-state index contributed by atoms with van der Waals surface area (Å²) in [5, 5.41) is 0. The predicted octanol–water partition coefficient (Wildman–Crippen LogP) is 3.57. The molecule has 5 heteroatoms. The number of ether oxygens (including phenoxy) is 1. The lowest BCUT2D eigenvalue weighted by atomic mass is 9.47. The maximum atomic E-state index is 12.7. The van der Waals surface area contributed by atoms with Crippen LogP contribution in [0, 0.1) is 17.3 Å². The van der Waals surface area contributed by atoms with Gasteiger partial charge in [-0.05, 0) is 74.3 Å². The predicted molar refractivity (Wildman–Crippen MR) is 98.0 cm³/mol. The summed E-state index contributed by atoms with van der Waals surface area (Å²) in [5.74, 6) is 0.679. The summed E-state index contributed by atoms with van der Waals surface area (Å²) in [6.45, 7) is 1.96. The van der Waals surface area contributed by atoms with Gasteiger partial charge in [0.1, 0.15) is 5.60 Å². The lowest BCUT2D eigenvalue weighted by Crippen LogP contribution is -2.57. The number of esters is 1. The van der Waals surface area contributed by atoms with Crippen molar-refractivity contribution in [3.8, 4) is 0 Å². The van der Waals surface area contributed by atoms with Crippen LogP contribution in [0.1, 0.15) is 72.6 Å². The van der Waals surface area contributed by atoms with Crippen LogP contribution in [-0.4, -0.2) is 34.8 Å². The third-order valence-corrected chi connectivity index (χ3v) is 7.23. The number of fused-ring (bicyclic) bond motifs is 1. The molecule has 1 aromatic carbocycles. The zero-order chi connectivity index (χ0) is 18.8. The Morgan fingerprint density at radius 2 is 1.67 bits per heavy atom. The molecule has 0 aromatic heterocycles. The smallest absolute Gasteiger partial charge is 0.303 e. The zero-order valence-electron chi connectivity index (χ0n) is 15.7. The number of hydrogen-bond donors (Lipinski definition) is 0. The molecule has 5 aliphatic rings. The highest BCUT2D eigenvalue weighted by molar-refractivity contribution is 6.21. The van der Waals surface area contributed by atoms with E-state index in [1.807, 2.05) is 0 Å². The molecule has 6 rings (SSSR count). The van der Waals surface area contributed by atoms with Gasteiger partial charge in [0.15, 0.2) is 0 Å². The second-order valence-electron chi connectivity index (χ2n) is 9.30. The summed E-state index contributed by atoms with van der Waals surface area (Å²) < 4.78 is 5.85. The van der Waals surface area contributed by atoms with Crippen LogP contribution >= 0.6 is 0 Å². The number of nitrogens with zero attached hydrogens (tertiary/aromatic N) is 1. The molecule has 1 aliphatic heterocycles. The van der Waals surface area contributed by atoms with Gasteiger partial charge in [-0.25, -0.2) is 0 Å². The SMILES string of the molecule is CC(=O)OC12C[C@H]3C[C@@H](CC(CCN4C(=O)c5ccccc5C4=O)(C3)C1)C2. The van der Waals surface area contributed by atoms with Crippen LogP contribution in [-0.2, 0) is 9.53 Å². The quantitative estimate of drug-likeness (QED) is 0.603. The van der Waals surface area contributed by atoms with Gasteiger partial charge < -0.3 is 4.74 Å². The number of carbonyl (C=O) groups is 3. The van der Waals surface area contributed by atoms with Gasteiger partial charge in [-0.15, -0.1) is 0 Å². The van der Waals surface area contributed by atoms with Crippen molar-refractivity contribution >= 4 is 17.8 Å². The Morgan fingerprint density at radius 1 is 1.07 bits per heavy atom. The van der Waals surface area contributed by atoms with Crippen LogP contribution in [0.2, 0.25) is 0 Å². The summed E-state index contributed by atoms with van der Waals surface area (Å²) in [5.41, 5.74) is 0.820. The number of hydrogen-bond acceptors (Lipinski definition) is 4. The van der Waals surface area contributed by atoms with Crippen molar-refractivity contribution < 1.29 is 19.1 Å². The Bertz CT molecular complexity index is 795. The lowest BCUT2D eigenvalue weighted by Gasteiger charge is -2.61. The molecule has 4 fully saturated rings. The third-order valence-electron chi connectivity index (χ3n) is 7.23. The van der Waals surface area contributed by atoms with E-state index >= 15 is 0 Å². The van der Waals surface area contributed by atoms with Gasteiger partial charge in [0.25, 0.3) is 11.8 Å². The largest absolute Gasteiger partial charge is 0.459 e. The molecule has 0 N–H and O–H groups in total. The van der Waals surface area contributed by atoms with Gasteiger partial charge in [-0.3, -0.25) is 19.3 Å². The number of benzene rings is 1. The molecule has 0 unspecified atom stereocenters. The van der Waals surface area contributed by atoms with Crippen molar-refractivity contribution in [2.75, 3.05) is 6.54 Å². The molecular weight excluding hydrogens is 342 g/mol. The first-order valence-electron chi connectivity index (χ1n) is 10.0. The Kier molecular flexibility index (Phi) is 3.56. The fourth-order valence-electron chi connectivity index (χ4n) is 6.87. The minimum Gasteiger partial charge on any atom is -0.459 e. The average molecular weight is 367 g/mol. The third kappa shape index (κ3) is 2.62. The molecule has 0 radical (unpaired) electrons. The highest BCUT2D eigenvalue weighted by Crippen LogP contribution is 2.64. The van der Waals surface area contributed by atoms with E-state index < -0.39 is 0 Å². The molecule has 4 bridgehead atoms. The molecule has 5 nitrogen and oxygen atoms in total. The number of rotatable bonds is 4. The van der Waals surface area contributed by atoms with Crippen molar-refractivity contribution in [3.05, 3.63) is 35.4 Å². The van der Waals surface area contributed by atoms with E-state index in [1.54, 1.807) is 24.3 Å². The Hall–Kier alpha value is -2.17. The maximum absolute atomic E-state index is 12.7. The van der Waals surface area contributed by atoms with Gasteiger partial charge in [-0.1, -0.05) is 12.1 Å². The monoisotopic (exact) mass is 367 g/mol. The minimum absolute atomic E-state index is 0.0921. The molecular formula is C22H25NO4. The minimum atomic E-state index is -0.308. The fraction of sp³-hybridized carbons (Fsp3) is 0.591. The van der Waals surface area contributed by atoms with Gasteiger partial charge in [-0.2, -0.15) is 0 Å². The van der Waals surface area contributed by atoms with Crippen molar-refractivity contribution in [2.45, 2.75) is 57.5 Å². The molecule has 1 aromatic rings. The summed E-state index contributed by atoms with van der Waals surface area (Å²) in [4.78, 5) is 38.4. The normalized spacial score (nSPS) is 36.3. The molecule has 4 saturated carbocycles. The van der Waals surface area contributed by atoms with Crippen LogP contribution in [0.3, 0.4) is 0 Å². The highest BCUT2D eigenvalue weighted by Gasteiger charge is 2.59. The first-order chi connectivity index (χ1) is 12.9. The number of imide groups is 1. The Labute approximate surface area is 159 Å². The number of carbonyl (C=O) groups excluding carboxylic acids is 3. The van der Waals surface area contributed by atoms with Crippen LogP contribution in [0.4, 0.5) is 0 Å². The van der Waals surface area contributed by atoms with Crippen LogP contribution < -0.4 is 0 Å². The fourth-order valence-corrected chi connectivity index (χ4v) is 6.87. The number of amides is 2. The van der Waals surface area contributed by atoms with Gasteiger partial charge >= 0.3 is 5.97 Å². The van der Waals surface area contributed by atoms with Crippen molar-refractivity contribution in [1.82, 2.24) is 4.90 Å². The van der Waals surface area contributed by atoms with Crippen molar-refractivity contribution in [2.24, 2.45) is 17.3 Å². The van der Waals surface area contributed by atoms with Crippen molar-refractivity contribution in [1.29, 1.82) is 0 Å². The average Bonchev–Trinajstić information content (AvgIpc) is 2.82. The summed E-state index contributed by atoms with van der Waals surface area (Å²) in [6.07, 6.45) is 7.17. The van der Waals surface area contributed by atoms with E-state index in [2.05, 4.69) is 0 Å². The van der Waals surface area contributed by atoms with E-state index in [4.69, 9.17) is 4.74 Å². The van der Waals surface area contributed by atoms with Gasteiger partial charge in [0.2, 0.25) is 0 Å². The second kappa shape index (κ2) is 5.66. The van der Waals surface area contributed by atoms with Crippen molar-refractivity contribution in [3.63, 3.8) is 0 Å². The first kappa shape index (κ1) is 17.0. The molecule has 4 aliphatic carbocycles. The van der Waals surface area contributed by atoms with E-state index in [9.17, 15) is 14.4 Å². The van der Waals surface area contributed by atoms with E-state index in [1.165, 1.54) is 18.2 Å². The van der Waals surface area contributed by atoms with E-state index in [0.29, 0.717) is 29.5 Å². The maximum Gasteiger partial charge on any atom is 0.303 e. The lowest BCUT2D eigenvalue weighted by molar-refractivity contribution is -0.200. The van der Waals surface area contributed by atoms with Gasteiger partial charge in [0.05, 0.1) is 11.1 Å². The van der Waals surface area contributed by atoms with Crippen LogP contribution in [0.15, 0.2) is 24.3 Å². The van der Waals surface area contributed by atoms with Crippen LogP contribution in [0.5, 0.6) is 0 Å². The van der Waals surface area contributed by atoms with Crippen LogP contribution in [0.25, 0.3) is 0 Å². The van der Waals surface area contributed by atoms with E-state index in [0.717, 1.165) is 38.5 Å². The molecule has 2 amide bonds.